The molecule has 0 unspecified atom stereocenters. The van der Waals surface area contributed by atoms with Gasteiger partial charge in [-0.3, -0.25) is 0 Å². The van der Waals surface area contributed by atoms with Gasteiger partial charge in [-0.2, -0.15) is 0 Å². The number of rotatable bonds is 3. The molecular weight excluding hydrogens is 282 g/mol. The minimum atomic E-state index is 0.161. The molecule has 2 heterocycles. The number of imidazole rings is 1. The number of hydrogen-bond donors (Lipinski definition) is 1. The van der Waals surface area contributed by atoms with Gasteiger partial charge in [0, 0.05) is 17.7 Å². The van der Waals surface area contributed by atoms with Crippen molar-refractivity contribution < 1.29 is 0 Å². The van der Waals surface area contributed by atoms with Gasteiger partial charge in [-0.25, -0.2) is 4.98 Å². The van der Waals surface area contributed by atoms with E-state index in [0.29, 0.717) is 6.54 Å². The summed E-state index contributed by atoms with van der Waals surface area (Å²) in [6.07, 6.45) is 0.822. The summed E-state index contributed by atoms with van der Waals surface area (Å²) >= 11 is 0. The molecule has 0 saturated carbocycles. The smallest absolute Gasteiger partial charge is 0.137 e. The van der Waals surface area contributed by atoms with E-state index in [1.54, 1.807) is 0 Å². The second-order valence-electron chi connectivity index (χ2n) is 7.13. The summed E-state index contributed by atoms with van der Waals surface area (Å²) in [6.45, 7) is 9.43. The van der Waals surface area contributed by atoms with Crippen molar-refractivity contribution in [3.05, 3.63) is 59.4 Å². The van der Waals surface area contributed by atoms with Gasteiger partial charge in [-0.15, -0.1) is 0 Å². The molecule has 0 bridgehead atoms. The van der Waals surface area contributed by atoms with Gasteiger partial charge in [0.05, 0.1) is 11.4 Å². The Balaban J connectivity index is 2.16. The molecule has 0 saturated heterocycles. The van der Waals surface area contributed by atoms with Gasteiger partial charge in [0.1, 0.15) is 5.65 Å². The lowest BCUT2D eigenvalue weighted by Crippen LogP contribution is -2.10. The van der Waals surface area contributed by atoms with Crippen molar-refractivity contribution >= 4 is 5.65 Å². The number of fused-ring (bicyclic) bond motifs is 1. The fraction of sp³-hybridized carbons (Fsp3) is 0.350. The van der Waals surface area contributed by atoms with E-state index in [4.69, 9.17) is 10.7 Å². The molecule has 3 rings (SSSR count). The molecule has 0 radical (unpaired) electrons. The molecular formula is C20H25N3. The monoisotopic (exact) mass is 307 g/mol. The zero-order valence-electron chi connectivity index (χ0n) is 14.4. The van der Waals surface area contributed by atoms with Gasteiger partial charge in [0.15, 0.2) is 0 Å². The highest BCUT2D eigenvalue weighted by Crippen LogP contribution is 2.29. The molecule has 120 valence electrons. The number of aryl methyl sites for hydroxylation is 1. The number of pyridine rings is 1. The van der Waals surface area contributed by atoms with Crippen LogP contribution in [0.1, 0.15) is 37.7 Å². The van der Waals surface area contributed by atoms with E-state index in [-0.39, 0.29) is 5.41 Å². The Bertz CT molecular complexity index is 820. The van der Waals surface area contributed by atoms with Gasteiger partial charge >= 0.3 is 0 Å². The first-order valence-electron chi connectivity index (χ1n) is 8.20. The molecule has 3 heteroatoms. The number of benzene rings is 1. The summed E-state index contributed by atoms with van der Waals surface area (Å²) in [5.41, 5.74) is 12.9. The Hall–Kier alpha value is -2.13. The lowest BCUT2D eigenvalue weighted by Gasteiger charge is -2.19. The van der Waals surface area contributed by atoms with Crippen LogP contribution in [0.2, 0.25) is 0 Å². The average molecular weight is 307 g/mol. The van der Waals surface area contributed by atoms with E-state index >= 15 is 0 Å². The van der Waals surface area contributed by atoms with E-state index in [1.807, 2.05) is 0 Å². The van der Waals surface area contributed by atoms with Gasteiger partial charge < -0.3 is 10.1 Å². The summed E-state index contributed by atoms with van der Waals surface area (Å²) in [5.74, 6) is 0. The summed E-state index contributed by atoms with van der Waals surface area (Å²) in [4.78, 5) is 4.86. The Labute approximate surface area is 138 Å². The van der Waals surface area contributed by atoms with Gasteiger partial charge in [-0.05, 0) is 36.6 Å². The molecule has 0 spiro atoms. The third-order valence-electron chi connectivity index (χ3n) is 4.34. The van der Waals surface area contributed by atoms with Crippen LogP contribution in [0.3, 0.4) is 0 Å². The maximum atomic E-state index is 5.85. The zero-order chi connectivity index (χ0) is 16.6. The Kier molecular flexibility index (Phi) is 3.99. The van der Waals surface area contributed by atoms with Gasteiger partial charge in [0.25, 0.3) is 0 Å². The number of nitrogens with two attached hydrogens (primary N) is 1. The minimum Gasteiger partial charge on any atom is -0.330 e. The Morgan fingerprint density at radius 3 is 2.35 bits per heavy atom. The van der Waals surface area contributed by atoms with E-state index < -0.39 is 0 Å². The van der Waals surface area contributed by atoms with Crippen molar-refractivity contribution in [2.75, 3.05) is 6.54 Å². The molecule has 23 heavy (non-hydrogen) atoms. The van der Waals surface area contributed by atoms with Gasteiger partial charge in [0.2, 0.25) is 0 Å². The van der Waals surface area contributed by atoms with E-state index in [2.05, 4.69) is 74.6 Å². The first kappa shape index (κ1) is 15.8. The number of aromatic nitrogens is 2. The van der Waals surface area contributed by atoms with Crippen molar-refractivity contribution in [2.24, 2.45) is 5.73 Å². The fourth-order valence-electron chi connectivity index (χ4n) is 3.05. The van der Waals surface area contributed by atoms with Gasteiger partial charge in [-0.1, -0.05) is 51.1 Å². The van der Waals surface area contributed by atoms with E-state index in [0.717, 1.165) is 23.3 Å². The average Bonchev–Trinajstić information content (AvgIpc) is 2.87. The number of nitrogens with zero attached hydrogens (tertiary/aromatic N) is 2. The maximum Gasteiger partial charge on any atom is 0.137 e. The van der Waals surface area contributed by atoms with Crippen LogP contribution < -0.4 is 5.73 Å². The van der Waals surface area contributed by atoms with E-state index in [9.17, 15) is 0 Å². The number of hydrogen-bond acceptors (Lipinski definition) is 2. The SMILES string of the molecule is Cc1cccc2nc(-c3ccc(C(C)(C)C)cc3)c(CCN)n12. The fourth-order valence-corrected chi connectivity index (χ4v) is 3.05. The largest absolute Gasteiger partial charge is 0.330 e. The molecule has 0 atom stereocenters. The molecule has 3 aromatic rings. The lowest BCUT2D eigenvalue weighted by atomic mass is 9.86. The van der Waals surface area contributed by atoms with Crippen LogP contribution in [-0.4, -0.2) is 15.9 Å². The van der Waals surface area contributed by atoms with E-state index in [1.165, 1.54) is 17.0 Å². The minimum absolute atomic E-state index is 0.161. The van der Waals surface area contributed by atoms with Crippen LogP contribution in [-0.2, 0) is 11.8 Å². The summed E-state index contributed by atoms with van der Waals surface area (Å²) in [7, 11) is 0. The quantitative estimate of drug-likeness (QED) is 0.791. The highest BCUT2D eigenvalue weighted by atomic mass is 15.0. The van der Waals surface area contributed by atoms with Crippen LogP contribution in [0.4, 0.5) is 0 Å². The molecule has 2 aromatic heterocycles. The standard InChI is InChI=1S/C20H25N3/c1-14-6-5-7-18-22-19(17(12-13-21)23(14)18)15-8-10-16(11-9-15)20(2,3)4/h5-11H,12-13,21H2,1-4H3. The first-order chi connectivity index (χ1) is 10.9. The molecule has 1 aromatic carbocycles. The van der Waals surface area contributed by atoms with Crippen LogP contribution in [0.5, 0.6) is 0 Å². The lowest BCUT2D eigenvalue weighted by molar-refractivity contribution is 0.590. The van der Waals surface area contributed by atoms with Crippen LogP contribution >= 0.6 is 0 Å². The highest BCUT2D eigenvalue weighted by Gasteiger charge is 2.17. The van der Waals surface area contributed by atoms with Crippen molar-refractivity contribution in [2.45, 2.75) is 39.5 Å². The Morgan fingerprint density at radius 2 is 1.74 bits per heavy atom. The third kappa shape index (κ3) is 2.89. The second kappa shape index (κ2) is 5.82. The Morgan fingerprint density at radius 1 is 1.04 bits per heavy atom. The molecule has 0 aliphatic heterocycles. The van der Waals surface area contributed by atoms with Crippen molar-refractivity contribution in [1.82, 2.24) is 9.38 Å². The third-order valence-corrected chi connectivity index (χ3v) is 4.34. The summed E-state index contributed by atoms with van der Waals surface area (Å²) < 4.78 is 2.22. The summed E-state index contributed by atoms with van der Waals surface area (Å²) in [6, 6.07) is 15.0. The van der Waals surface area contributed by atoms with Crippen LogP contribution in [0.15, 0.2) is 42.5 Å². The summed E-state index contributed by atoms with van der Waals surface area (Å²) in [5, 5.41) is 0. The van der Waals surface area contributed by atoms with Crippen LogP contribution in [0.25, 0.3) is 16.9 Å². The maximum absolute atomic E-state index is 5.85. The van der Waals surface area contributed by atoms with Crippen molar-refractivity contribution in [1.29, 1.82) is 0 Å². The predicted molar refractivity (Wildman–Crippen MR) is 96.8 cm³/mol. The molecule has 0 amide bonds. The zero-order valence-corrected chi connectivity index (χ0v) is 14.4. The highest BCUT2D eigenvalue weighted by molar-refractivity contribution is 5.67. The topological polar surface area (TPSA) is 43.3 Å². The normalized spacial score (nSPS) is 12.0. The molecule has 0 fully saturated rings. The predicted octanol–water partition coefficient (Wildman–Crippen LogP) is 4.11. The molecule has 2 N–H and O–H groups in total. The van der Waals surface area contributed by atoms with Crippen molar-refractivity contribution in [3.63, 3.8) is 0 Å². The first-order valence-corrected chi connectivity index (χ1v) is 8.20. The second-order valence-corrected chi connectivity index (χ2v) is 7.13. The van der Waals surface area contributed by atoms with Crippen molar-refractivity contribution in [3.8, 4) is 11.3 Å². The molecule has 0 aliphatic carbocycles. The molecule has 0 aliphatic rings. The molecule has 3 nitrogen and oxygen atoms in total. The van der Waals surface area contributed by atoms with Crippen LogP contribution in [0, 0.1) is 6.92 Å².